The smallest absolute Gasteiger partial charge is 0.313 e. The number of halogens is 1. The van der Waals surface area contributed by atoms with Gasteiger partial charge in [0.15, 0.2) is 5.16 Å². The zero-order chi connectivity index (χ0) is 14.7. The van der Waals surface area contributed by atoms with Gasteiger partial charge in [-0.3, -0.25) is 9.36 Å². The van der Waals surface area contributed by atoms with E-state index in [1.807, 2.05) is 0 Å². The molecule has 8 heteroatoms. The number of nitrogens with zero attached hydrogens (tertiary/aromatic N) is 3. The summed E-state index contributed by atoms with van der Waals surface area (Å²) in [6.45, 7) is 1.78. The van der Waals surface area contributed by atoms with E-state index in [-0.39, 0.29) is 5.75 Å². The van der Waals surface area contributed by atoms with Crippen LogP contribution < -0.4 is 4.74 Å². The molecule has 2 rings (SSSR count). The number of benzene rings is 1. The number of rotatable bonds is 5. The maximum Gasteiger partial charge on any atom is 0.313 e. The van der Waals surface area contributed by atoms with E-state index < -0.39 is 5.97 Å². The van der Waals surface area contributed by atoms with Gasteiger partial charge in [0.25, 0.3) is 0 Å². The Hall–Kier alpha value is -1.73. The Morgan fingerprint density at radius 1 is 1.50 bits per heavy atom. The highest BCUT2D eigenvalue weighted by atomic mass is 35.5. The van der Waals surface area contributed by atoms with Crippen LogP contribution in [0.3, 0.4) is 0 Å². The van der Waals surface area contributed by atoms with Crippen molar-refractivity contribution in [2.45, 2.75) is 12.1 Å². The van der Waals surface area contributed by atoms with E-state index in [1.165, 1.54) is 0 Å². The summed E-state index contributed by atoms with van der Waals surface area (Å²) in [5, 5.41) is 17.7. The van der Waals surface area contributed by atoms with E-state index in [0.29, 0.717) is 27.4 Å². The van der Waals surface area contributed by atoms with Gasteiger partial charge in [-0.2, -0.15) is 0 Å². The Morgan fingerprint density at radius 3 is 2.90 bits per heavy atom. The molecule has 0 aliphatic rings. The van der Waals surface area contributed by atoms with Crippen molar-refractivity contribution < 1.29 is 14.6 Å². The van der Waals surface area contributed by atoms with Crippen molar-refractivity contribution in [1.82, 2.24) is 14.8 Å². The molecular formula is C12H12ClN3O3S. The van der Waals surface area contributed by atoms with Crippen molar-refractivity contribution in [3.8, 4) is 11.4 Å². The molecule has 0 aliphatic carbocycles. The predicted octanol–water partition coefficient (Wildman–Crippen LogP) is 2.41. The van der Waals surface area contributed by atoms with Crippen LogP contribution in [0.25, 0.3) is 5.69 Å². The second-order valence-electron chi connectivity index (χ2n) is 3.86. The lowest BCUT2D eigenvalue weighted by Gasteiger charge is -2.12. The minimum atomic E-state index is -0.916. The van der Waals surface area contributed by atoms with Gasteiger partial charge < -0.3 is 9.84 Å². The predicted molar refractivity (Wildman–Crippen MR) is 76.0 cm³/mol. The summed E-state index contributed by atoms with van der Waals surface area (Å²) in [5.41, 5.74) is 0.676. The fourth-order valence-electron chi connectivity index (χ4n) is 1.68. The van der Waals surface area contributed by atoms with Crippen LogP contribution in [-0.4, -0.2) is 38.7 Å². The molecule has 0 amide bonds. The van der Waals surface area contributed by atoms with E-state index in [9.17, 15) is 4.79 Å². The first-order valence-electron chi connectivity index (χ1n) is 5.63. The SMILES string of the molecule is COc1ccc(Cl)cc1-n1c(C)nnc1SCC(=O)O. The number of aryl methyl sites for hydroxylation is 1. The molecule has 0 unspecified atom stereocenters. The molecule has 0 saturated heterocycles. The quantitative estimate of drug-likeness (QED) is 0.854. The van der Waals surface area contributed by atoms with Crippen LogP contribution in [0.5, 0.6) is 5.75 Å². The number of carboxylic acid groups (broad SMARTS) is 1. The maximum absolute atomic E-state index is 10.7. The van der Waals surface area contributed by atoms with Gasteiger partial charge in [0.05, 0.1) is 18.6 Å². The van der Waals surface area contributed by atoms with E-state index in [2.05, 4.69) is 10.2 Å². The third-order valence-electron chi connectivity index (χ3n) is 2.50. The lowest BCUT2D eigenvalue weighted by atomic mass is 10.3. The average molecular weight is 314 g/mol. The lowest BCUT2D eigenvalue weighted by molar-refractivity contribution is -0.133. The maximum atomic E-state index is 10.7. The Morgan fingerprint density at radius 2 is 2.25 bits per heavy atom. The summed E-state index contributed by atoms with van der Waals surface area (Å²) in [5.74, 6) is 0.217. The second-order valence-corrected chi connectivity index (χ2v) is 5.24. The van der Waals surface area contributed by atoms with Crippen molar-refractivity contribution in [1.29, 1.82) is 0 Å². The Kier molecular flexibility index (Phi) is 4.51. The van der Waals surface area contributed by atoms with Gasteiger partial charge in [0.1, 0.15) is 11.6 Å². The Labute approximate surface area is 124 Å². The minimum absolute atomic E-state index is 0.0962. The van der Waals surface area contributed by atoms with Crippen LogP contribution in [0.4, 0.5) is 0 Å². The van der Waals surface area contributed by atoms with E-state index in [1.54, 1.807) is 36.8 Å². The van der Waals surface area contributed by atoms with Crippen LogP contribution in [0.1, 0.15) is 5.82 Å². The van der Waals surface area contributed by atoms with Gasteiger partial charge in [-0.15, -0.1) is 10.2 Å². The van der Waals surface area contributed by atoms with Crippen LogP contribution in [0.15, 0.2) is 23.4 Å². The summed E-state index contributed by atoms with van der Waals surface area (Å²) in [6, 6.07) is 5.18. The zero-order valence-electron chi connectivity index (χ0n) is 10.8. The first kappa shape index (κ1) is 14.7. The van der Waals surface area contributed by atoms with Crippen molar-refractivity contribution in [3.05, 3.63) is 29.0 Å². The topological polar surface area (TPSA) is 77.2 Å². The summed E-state index contributed by atoms with van der Waals surface area (Å²) in [7, 11) is 1.55. The number of aromatic nitrogens is 3. The molecule has 0 atom stereocenters. The highest BCUT2D eigenvalue weighted by Crippen LogP contribution is 2.30. The summed E-state index contributed by atoms with van der Waals surface area (Å²) < 4.78 is 7.02. The van der Waals surface area contributed by atoms with E-state index in [0.717, 1.165) is 11.8 Å². The van der Waals surface area contributed by atoms with Crippen molar-refractivity contribution in [2.24, 2.45) is 0 Å². The number of hydrogen-bond acceptors (Lipinski definition) is 5. The Balaban J connectivity index is 2.49. The molecular weight excluding hydrogens is 302 g/mol. The largest absolute Gasteiger partial charge is 0.495 e. The number of aliphatic carboxylic acids is 1. The fraction of sp³-hybridized carbons (Fsp3) is 0.250. The van der Waals surface area contributed by atoms with Gasteiger partial charge in [-0.1, -0.05) is 23.4 Å². The monoisotopic (exact) mass is 313 g/mol. The standard InChI is InChI=1S/C12H12ClN3O3S/c1-7-14-15-12(20-6-11(17)18)16(7)9-5-8(13)3-4-10(9)19-2/h3-5H,6H2,1-2H3,(H,17,18). The summed E-state index contributed by atoms with van der Waals surface area (Å²) >= 11 is 7.10. The number of thioether (sulfide) groups is 1. The zero-order valence-corrected chi connectivity index (χ0v) is 12.4. The van der Waals surface area contributed by atoms with Gasteiger partial charge >= 0.3 is 5.97 Å². The normalized spacial score (nSPS) is 10.6. The highest BCUT2D eigenvalue weighted by Gasteiger charge is 2.16. The average Bonchev–Trinajstić information content (AvgIpc) is 2.77. The molecule has 0 spiro atoms. The molecule has 2 aromatic rings. The molecule has 1 N–H and O–H groups in total. The number of hydrogen-bond donors (Lipinski definition) is 1. The molecule has 106 valence electrons. The highest BCUT2D eigenvalue weighted by molar-refractivity contribution is 7.99. The first-order valence-corrected chi connectivity index (χ1v) is 7.00. The molecule has 0 aliphatic heterocycles. The molecule has 1 aromatic heterocycles. The van der Waals surface area contributed by atoms with E-state index in [4.69, 9.17) is 21.4 Å². The van der Waals surface area contributed by atoms with Crippen LogP contribution in [0, 0.1) is 6.92 Å². The molecule has 1 aromatic carbocycles. The third-order valence-corrected chi connectivity index (χ3v) is 3.65. The molecule has 0 bridgehead atoms. The second kappa shape index (κ2) is 6.15. The fourth-order valence-corrected chi connectivity index (χ4v) is 2.55. The van der Waals surface area contributed by atoms with Crippen LogP contribution in [0.2, 0.25) is 5.02 Å². The number of carbonyl (C=O) groups is 1. The lowest BCUT2D eigenvalue weighted by Crippen LogP contribution is -2.04. The molecule has 0 fully saturated rings. The van der Waals surface area contributed by atoms with Crippen molar-refractivity contribution in [3.63, 3.8) is 0 Å². The van der Waals surface area contributed by atoms with E-state index >= 15 is 0 Å². The van der Waals surface area contributed by atoms with Gasteiger partial charge in [0.2, 0.25) is 0 Å². The number of methoxy groups -OCH3 is 1. The molecule has 20 heavy (non-hydrogen) atoms. The van der Waals surface area contributed by atoms with Gasteiger partial charge in [0, 0.05) is 5.02 Å². The molecule has 6 nitrogen and oxygen atoms in total. The molecule has 0 saturated carbocycles. The molecule has 1 heterocycles. The van der Waals surface area contributed by atoms with Crippen LogP contribution >= 0.6 is 23.4 Å². The van der Waals surface area contributed by atoms with Gasteiger partial charge in [-0.25, -0.2) is 0 Å². The number of carboxylic acids is 1. The molecule has 0 radical (unpaired) electrons. The van der Waals surface area contributed by atoms with Crippen molar-refractivity contribution >= 4 is 29.3 Å². The minimum Gasteiger partial charge on any atom is -0.495 e. The number of ether oxygens (including phenoxy) is 1. The van der Waals surface area contributed by atoms with Crippen LogP contribution in [-0.2, 0) is 4.79 Å². The third kappa shape index (κ3) is 3.05. The van der Waals surface area contributed by atoms with Gasteiger partial charge in [-0.05, 0) is 25.1 Å². The summed E-state index contributed by atoms with van der Waals surface area (Å²) in [6.07, 6.45) is 0. The Bertz CT molecular complexity index is 645. The van der Waals surface area contributed by atoms with Crippen molar-refractivity contribution in [2.75, 3.05) is 12.9 Å². The summed E-state index contributed by atoms with van der Waals surface area (Å²) in [4.78, 5) is 10.7. The first-order chi connectivity index (χ1) is 9.52.